The fraction of sp³-hybridized carbons (Fsp3) is 0.800. The lowest BCUT2D eigenvalue weighted by molar-refractivity contribution is 0.384. The predicted molar refractivity (Wildman–Crippen MR) is 54.9 cm³/mol. The fourth-order valence-corrected chi connectivity index (χ4v) is 3.71. The minimum atomic E-state index is 0.248. The molecule has 1 aliphatic carbocycles. The summed E-state index contributed by atoms with van der Waals surface area (Å²) in [6.45, 7) is 3.78. The van der Waals surface area contributed by atoms with Gasteiger partial charge in [0.1, 0.15) is 0 Å². The second-order valence-electron chi connectivity index (χ2n) is 3.72. The summed E-state index contributed by atoms with van der Waals surface area (Å²) >= 11 is 0. The van der Waals surface area contributed by atoms with Crippen LogP contribution in [0.3, 0.4) is 0 Å². The average molecular weight is 168 g/mol. The van der Waals surface area contributed by atoms with Crippen LogP contribution in [0.4, 0.5) is 0 Å². The molecule has 0 bridgehead atoms. The third-order valence-electron chi connectivity index (χ3n) is 2.75. The molecular formula is C10H20Si. The highest BCUT2D eigenvalue weighted by Crippen LogP contribution is 2.26. The maximum Gasteiger partial charge on any atom is 0.0242 e. The first-order valence-electron chi connectivity index (χ1n) is 5.04. The van der Waals surface area contributed by atoms with Crippen molar-refractivity contribution in [1.82, 2.24) is 0 Å². The van der Waals surface area contributed by atoms with Crippen LogP contribution in [0.2, 0.25) is 12.1 Å². The van der Waals surface area contributed by atoms with Gasteiger partial charge < -0.3 is 0 Å². The summed E-state index contributed by atoms with van der Waals surface area (Å²) < 4.78 is 0. The zero-order chi connectivity index (χ0) is 7.94. The van der Waals surface area contributed by atoms with Gasteiger partial charge in [0.05, 0.1) is 0 Å². The fourth-order valence-electron chi connectivity index (χ4n) is 2.03. The highest BCUT2D eigenvalue weighted by molar-refractivity contribution is 6.36. The van der Waals surface area contributed by atoms with Gasteiger partial charge in [-0.1, -0.05) is 44.2 Å². The lowest BCUT2D eigenvalue weighted by Gasteiger charge is -2.20. The van der Waals surface area contributed by atoms with Gasteiger partial charge in [-0.05, 0) is 12.0 Å². The van der Waals surface area contributed by atoms with Gasteiger partial charge in [0.15, 0.2) is 0 Å². The van der Waals surface area contributed by atoms with Crippen molar-refractivity contribution in [2.24, 2.45) is 5.92 Å². The molecule has 0 atom stereocenters. The quantitative estimate of drug-likeness (QED) is 0.344. The topological polar surface area (TPSA) is 0 Å². The zero-order valence-electron chi connectivity index (χ0n) is 7.52. The average Bonchev–Trinajstić information content (AvgIpc) is 2.07. The number of hydrogen-bond acceptors (Lipinski definition) is 0. The van der Waals surface area contributed by atoms with E-state index in [9.17, 15) is 0 Å². The number of hydrogen-bond donors (Lipinski definition) is 0. The molecule has 0 N–H and O–H groups in total. The van der Waals surface area contributed by atoms with Crippen LogP contribution in [0, 0.1) is 5.92 Å². The van der Waals surface area contributed by atoms with Crippen molar-refractivity contribution in [3.8, 4) is 0 Å². The SMILES string of the molecule is C=CC[SiH2]CC1CCCCC1. The Bertz CT molecular complexity index is 103. The molecule has 1 heteroatoms. The van der Waals surface area contributed by atoms with Crippen LogP contribution >= 0.6 is 0 Å². The Hall–Kier alpha value is -0.0431. The maximum absolute atomic E-state index is 3.78. The predicted octanol–water partition coefficient (Wildman–Crippen LogP) is 2.76. The molecule has 0 aromatic heterocycles. The Morgan fingerprint density at radius 3 is 2.64 bits per heavy atom. The Morgan fingerprint density at radius 1 is 1.27 bits per heavy atom. The van der Waals surface area contributed by atoms with Crippen LogP contribution in [0.25, 0.3) is 0 Å². The molecule has 0 heterocycles. The smallest absolute Gasteiger partial charge is 0.0242 e. The minimum absolute atomic E-state index is 0.248. The van der Waals surface area contributed by atoms with Gasteiger partial charge in [-0.25, -0.2) is 0 Å². The molecule has 0 aromatic carbocycles. The molecule has 64 valence electrons. The highest BCUT2D eigenvalue weighted by Gasteiger charge is 2.11. The standard InChI is InChI=1S/C10H20Si/c1-2-8-11-9-10-6-4-3-5-7-10/h2,10H,1,3-9,11H2. The van der Waals surface area contributed by atoms with Gasteiger partial charge in [-0.3, -0.25) is 0 Å². The molecule has 0 spiro atoms. The van der Waals surface area contributed by atoms with Gasteiger partial charge in [0, 0.05) is 9.52 Å². The molecule has 1 fully saturated rings. The molecule has 0 nitrogen and oxygen atoms in total. The molecule has 0 radical (unpaired) electrons. The van der Waals surface area contributed by atoms with Crippen molar-refractivity contribution >= 4 is 9.52 Å². The lowest BCUT2D eigenvalue weighted by atomic mass is 9.91. The van der Waals surface area contributed by atoms with Crippen LogP contribution in [0.15, 0.2) is 12.7 Å². The van der Waals surface area contributed by atoms with Crippen molar-refractivity contribution in [3.63, 3.8) is 0 Å². The molecule has 1 saturated carbocycles. The first kappa shape index (κ1) is 9.05. The molecule has 0 saturated heterocycles. The van der Waals surface area contributed by atoms with E-state index in [1.54, 1.807) is 6.04 Å². The molecule has 1 aliphatic rings. The summed E-state index contributed by atoms with van der Waals surface area (Å²) in [6.07, 6.45) is 9.68. The normalized spacial score (nSPS) is 21.1. The minimum Gasteiger partial charge on any atom is -0.103 e. The summed E-state index contributed by atoms with van der Waals surface area (Å²) in [5.41, 5.74) is 0. The lowest BCUT2D eigenvalue weighted by Crippen LogP contribution is -2.07. The third kappa shape index (κ3) is 3.75. The van der Waals surface area contributed by atoms with Gasteiger partial charge in [-0.15, -0.1) is 6.58 Å². The van der Waals surface area contributed by atoms with E-state index in [0.29, 0.717) is 0 Å². The van der Waals surface area contributed by atoms with Crippen molar-refractivity contribution in [1.29, 1.82) is 0 Å². The molecule has 0 unspecified atom stereocenters. The summed E-state index contributed by atoms with van der Waals surface area (Å²) in [5.74, 6) is 1.12. The van der Waals surface area contributed by atoms with E-state index in [-0.39, 0.29) is 9.52 Å². The Labute approximate surface area is 72.9 Å². The van der Waals surface area contributed by atoms with Crippen LogP contribution in [0.5, 0.6) is 0 Å². The Balaban J connectivity index is 2.00. The van der Waals surface area contributed by atoms with E-state index in [0.717, 1.165) is 5.92 Å². The molecule has 0 aromatic rings. The van der Waals surface area contributed by atoms with Crippen LogP contribution in [0.1, 0.15) is 32.1 Å². The summed E-state index contributed by atoms with van der Waals surface area (Å²) in [4.78, 5) is 0. The van der Waals surface area contributed by atoms with Crippen molar-refractivity contribution in [2.75, 3.05) is 0 Å². The van der Waals surface area contributed by atoms with Crippen molar-refractivity contribution in [3.05, 3.63) is 12.7 Å². The van der Waals surface area contributed by atoms with Crippen LogP contribution < -0.4 is 0 Å². The first-order valence-corrected chi connectivity index (χ1v) is 7.04. The van der Waals surface area contributed by atoms with E-state index >= 15 is 0 Å². The zero-order valence-corrected chi connectivity index (χ0v) is 8.93. The van der Waals surface area contributed by atoms with Gasteiger partial charge in [0.2, 0.25) is 0 Å². The van der Waals surface area contributed by atoms with E-state index in [4.69, 9.17) is 0 Å². The van der Waals surface area contributed by atoms with Gasteiger partial charge in [0.25, 0.3) is 0 Å². The molecule has 11 heavy (non-hydrogen) atoms. The molecule has 0 aliphatic heterocycles. The Kier molecular flexibility index (Phi) is 4.60. The second kappa shape index (κ2) is 5.59. The summed E-state index contributed by atoms with van der Waals surface area (Å²) in [7, 11) is 0.248. The highest BCUT2D eigenvalue weighted by atomic mass is 28.2. The number of rotatable bonds is 4. The van der Waals surface area contributed by atoms with E-state index in [1.807, 2.05) is 0 Å². The Morgan fingerprint density at radius 2 is 2.00 bits per heavy atom. The molecule has 1 rings (SSSR count). The van der Waals surface area contributed by atoms with E-state index < -0.39 is 0 Å². The van der Waals surface area contributed by atoms with Gasteiger partial charge in [-0.2, -0.15) is 0 Å². The maximum atomic E-state index is 3.78. The van der Waals surface area contributed by atoms with Crippen LogP contribution in [-0.4, -0.2) is 9.52 Å². The van der Waals surface area contributed by atoms with E-state index in [1.165, 1.54) is 38.1 Å². The summed E-state index contributed by atoms with van der Waals surface area (Å²) in [5, 5.41) is 0. The largest absolute Gasteiger partial charge is 0.103 e. The van der Waals surface area contributed by atoms with Crippen LogP contribution in [-0.2, 0) is 0 Å². The third-order valence-corrected chi connectivity index (χ3v) is 4.79. The summed E-state index contributed by atoms with van der Waals surface area (Å²) in [6, 6.07) is 2.95. The van der Waals surface area contributed by atoms with Crippen molar-refractivity contribution < 1.29 is 0 Å². The van der Waals surface area contributed by atoms with Crippen molar-refractivity contribution in [2.45, 2.75) is 44.2 Å². The first-order chi connectivity index (χ1) is 5.43. The second-order valence-corrected chi connectivity index (χ2v) is 5.59. The van der Waals surface area contributed by atoms with E-state index in [2.05, 4.69) is 12.7 Å². The molecular weight excluding hydrogens is 148 g/mol. The van der Waals surface area contributed by atoms with Gasteiger partial charge >= 0.3 is 0 Å². The number of allylic oxidation sites excluding steroid dienone is 1. The monoisotopic (exact) mass is 168 g/mol. The molecule has 0 amide bonds.